The summed E-state index contributed by atoms with van der Waals surface area (Å²) < 4.78 is 5.36. The third-order valence-electron chi connectivity index (χ3n) is 2.87. The van der Waals surface area contributed by atoms with E-state index in [0.29, 0.717) is 18.7 Å². The molecule has 0 aromatic heterocycles. The van der Waals surface area contributed by atoms with Crippen LogP contribution in [0.1, 0.15) is 25.5 Å². The van der Waals surface area contributed by atoms with Gasteiger partial charge in [-0.1, -0.05) is 30.3 Å². The first-order valence-corrected chi connectivity index (χ1v) is 6.82. The zero-order valence-electron chi connectivity index (χ0n) is 12.6. The lowest BCUT2D eigenvalue weighted by atomic mass is 10.1. The maximum atomic E-state index is 12.0. The maximum Gasteiger partial charge on any atom is 0.330 e. The molecule has 2 N–H and O–H groups in total. The number of carboxylic acids is 1. The maximum absolute atomic E-state index is 12.0. The quantitative estimate of drug-likeness (QED) is 0.804. The summed E-state index contributed by atoms with van der Waals surface area (Å²) in [7, 11) is 1.60. The first kappa shape index (κ1) is 17.0. The Bertz CT molecular complexity index is 462. The molecule has 0 fully saturated rings. The fourth-order valence-electron chi connectivity index (χ4n) is 1.69. The van der Waals surface area contributed by atoms with Gasteiger partial charge in [-0.25, -0.2) is 9.59 Å². The number of rotatable bonds is 7. The average Bonchev–Trinajstić information content (AvgIpc) is 2.44. The van der Waals surface area contributed by atoms with Crippen molar-refractivity contribution in [3.05, 3.63) is 35.9 Å². The number of carboxylic acid groups (broad SMARTS) is 1. The van der Waals surface area contributed by atoms with E-state index in [1.54, 1.807) is 37.4 Å². The van der Waals surface area contributed by atoms with Gasteiger partial charge in [-0.2, -0.15) is 0 Å². The van der Waals surface area contributed by atoms with E-state index in [-0.39, 0.29) is 6.10 Å². The van der Waals surface area contributed by atoms with Gasteiger partial charge in [0.25, 0.3) is 0 Å². The fraction of sp³-hybridized carbons (Fsp3) is 0.467. The number of hydrogen-bond acceptors (Lipinski definition) is 3. The number of nitrogens with one attached hydrogen (secondary N) is 1. The van der Waals surface area contributed by atoms with E-state index in [1.165, 1.54) is 4.90 Å². The molecule has 0 unspecified atom stereocenters. The van der Waals surface area contributed by atoms with Crippen molar-refractivity contribution in [3.8, 4) is 0 Å². The first-order valence-electron chi connectivity index (χ1n) is 6.82. The SMILES string of the molecule is CC(C)OCCN(C)C(=O)N[C@@H](C(=O)O)c1ccccc1. The van der Waals surface area contributed by atoms with Gasteiger partial charge in [0.1, 0.15) is 0 Å². The third-order valence-corrected chi connectivity index (χ3v) is 2.87. The molecule has 0 aliphatic heterocycles. The highest BCUT2D eigenvalue weighted by Crippen LogP contribution is 2.12. The van der Waals surface area contributed by atoms with Crippen molar-refractivity contribution in [1.29, 1.82) is 0 Å². The van der Waals surface area contributed by atoms with Crippen molar-refractivity contribution >= 4 is 12.0 Å². The number of hydrogen-bond donors (Lipinski definition) is 2. The number of carbonyl (C=O) groups is 2. The topological polar surface area (TPSA) is 78.9 Å². The number of urea groups is 1. The molecule has 21 heavy (non-hydrogen) atoms. The molecule has 0 spiro atoms. The Labute approximate surface area is 124 Å². The number of amides is 2. The second-order valence-electron chi connectivity index (χ2n) is 4.97. The van der Waals surface area contributed by atoms with Crippen molar-refractivity contribution in [1.82, 2.24) is 10.2 Å². The van der Waals surface area contributed by atoms with E-state index in [0.717, 1.165) is 0 Å². The van der Waals surface area contributed by atoms with E-state index in [9.17, 15) is 14.7 Å². The Morgan fingerprint density at radius 2 is 1.90 bits per heavy atom. The van der Waals surface area contributed by atoms with Gasteiger partial charge in [-0.3, -0.25) is 0 Å². The van der Waals surface area contributed by atoms with Crippen LogP contribution in [0.4, 0.5) is 4.79 Å². The molecule has 2 amide bonds. The van der Waals surface area contributed by atoms with Crippen LogP contribution >= 0.6 is 0 Å². The van der Waals surface area contributed by atoms with Gasteiger partial charge in [0, 0.05) is 13.6 Å². The number of benzene rings is 1. The van der Waals surface area contributed by atoms with Gasteiger partial charge in [-0.15, -0.1) is 0 Å². The van der Waals surface area contributed by atoms with E-state index in [2.05, 4.69) is 5.32 Å². The zero-order valence-corrected chi connectivity index (χ0v) is 12.6. The van der Waals surface area contributed by atoms with Crippen LogP contribution in [0.25, 0.3) is 0 Å². The van der Waals surface area contributed by atoms with Crippen LogP contribution < -0.4 is 5.32 Å². The molecule has 0 saturated heterocycles. The minimum absolute atomic E-state index is 0.0950. The van der Waals surface area contributed by atoms with Gasteiger partial charge >= 0.3 is 12.0 Å². The van der Waals surface area contributed by atoms with Gasteiger partial charge in [-0.05, 0) is 19.4 Å². The summed E-state index contributed by atoms with van der Waals surface area (Å²) in [5.74, 6) is -1.10. The summed E-state index contributed by atoms with van der Waals surface area (Å²) >= 11 is 0. The molecular weight excluding hydrogens is 272 g/mol. The van der Waals surface area contributed by atoms with E-state index >= 15 is 0 Å². The zero-order chi connectivity index (χ0) is 15.8. The highest BCUT2D eigenvalue weighted by Gasteiger charge is 2.23. The summed E-state index contributed by atoms with van der Waals surface area (Å²) in [5.41, 5.74) is 0.533. The molecular formula is C15H22N2O4. The van der Waals surface area contributed by atoms with Gasteiger partial charge in [0.05, 0.1) is 12.7 Å². The fourth-order valence-corrected chi connectivity index (χ4v) is 1.69. The minimum Gasteiger partial charge on any atom is -0.479 e. The second-order valence-corrected chi connectivity index (χ2v) is 4.97. The van der Waals surface area contributed by atoms with Gasteiger partial charge in [0.15, 0.2) is 6.04 Å². The largest absolute Gasteiger partial charge is 0.479 e. The summed E-state index contributed by atoms with van der Waals surface area (Å²) in [4.78, 5) is 24.7. The van der Waals surface area contributed by atoms with Crippen LogP contribution in [0.3, 0.4) is 0 Å². The van der Waals surface area contributed by atoms with Gasteiger partial charge in [0.2, 0.25) is 0 Å². The number of carbonyl (C=O) groups excluding carboxylic acids is 1. The predicted molar refractivity (Wildman–Crippen MR) is 79.1 cm³/mol. The van der Waals surface area contributed by atoms with Crippen LogP contribution in [0, 0.1) is 0 Å². The predicted octanol–water partition coefficient (Wildman–Crippen LogP) is 1.88. The summed E-state index contributed by atoms with van der Waals surface area (Å²) in [6.07, 6.45) is 0.0950. The van der Waals surface area contributed by atoms with Crippen LogP contribution in [-0.4, -0.2) is 48.3 Å². The number of aliphatic carboxylic acids is 1. The monoisotopic (exact) mass is 294 g/mol. The van der Waals surface area contributed by atoms with E-state index in [4.69, 9.17) is 4.74 Å². The molecule has 6 nitrogen and oxygen atoms in total. The summed E-state index contributed by atoms with van der Waals surface area (Å²) in [6.45, 7) is 4.63. The molecule has 0 saturated carbocycles. The molecule has 1 aromatic carbocycles. The van der Waals surface area contributed by atoms with E-state index in [1.807, 2.05) is 13.8 Å². The molecule has 6 heteroatoms. The molecule has 0 radical (unpaired) electrons. The molecule has 1 aromatic rings. The first-order chi connectivity index (χ1) is 9.91. The molecule has 1 rings (SSSR count). The van der Waals surface area contributed by atoms with Crippen molar-refractivity contribution < 1.29 is 19.4 Å². The van der Waals surface area contributed by atoms with E-state index < -0.39 is 18.0 Å². The Morgan fingerprint density at radius 3 is 2.43 bits per heavy atom. The standard InChI is InChI=1S/C15H22N2O4/c1-11(2)21-10-9-17(3)15(20)16-13(14(18)19)12-7-5-4-6-8-12/h4-8,11,13H,9-10H2,1-3H3,(H,16,20)(H,18,19)/t13-/m1/s1. The molecule has 0 heterocycles. The Kier molecular flexibility index (Phi) is 6.68. The van der Waals surface area contributed by atoms with Crippen LogP contribution in [0.15, 0.2) is 30.3 Å². The smallest absolute Gasteiger partial charge is 0.330 e. The molecule has 0 bridgehead atoms. The lowest BCUT2D eigenvalue weighted by molar-refractivity contribution is -0.139. The van der Waals surface area contributed by atoms with Crippen molar-refractivity contribution in [3.63, 3.8) is 0 Å². The number of likely N-dealkylation sites (N-methyl/N-ethyl adjacent to an activating group) is 1. The van der Waals surface area contributed by atoms with Gasteiger partial charge < -0.3 is 20.1 Å². The van der Waals surface area contributed by atoms with Crippen LogP contribution in [0.2, 0.25) is 0 Å². The molecule has 1 atom stereocenters. The Hall–Kier alpha value is -2.08. The molecule has 0 aliphatic carbocycles. The highest BCUT2D eigenvalue weighted by molar-refractivity contribution is 5.83. The van der Waals surface area contributed by atoms with Crippen LogP contribution in [0.5, 0.6) is 0 Å². The lowest BCUT2D eigenvalue weighted by Gasteiger charge is -2.22. The summed E-state index contributed by atoms with van der Waals surface area (Å²) in [5, 5.41) is 11.8. The Morgan fingerprint density at radius 1 is 1.29 bits per heavy atom. The third kappa shape index (κ3) is 5.83. The average molecular weight is 294 g/mol. The van der Waals surface area contributed by atoms with Crippen molar-refractivity contribution in [2.24, 2.45) is 0 Å². The number of nitrogens with zero attached hydrogens (tertiary/aromatic N) is 1. The minimum atomic E-state index is -1.10. The van der Waals surface area contributed by atoms with Crippen molar-refractivity contribution in [2.75, 3.05) is 20.2 Å². The Balaban J connectivity index is 2.59. The molecule has 116 valence electrons. The second kappa shape index (κ2) is 8.26. The number of ether oxygens (including phenoxy) is 1. The lowest BCUT2D eigenvalue weighted by Crippen LogP contribution is -2.43. The van der Waals surface area contributed by atoms with Crippen molar-refractivity contribution in [2.45, 2.75) is 26.0 Å². The van der Waals surface area contributed by atoms with Crippen LogP contribution in [-0.2, 0) is 9.53 Å². The molecule has 0 aliphatic rings. The summed E-state index contributed by atoms with van der Waals surface area (Å²) in [6, 6.07) is 7.09. The highest BCUT2D eigenvalue weighted by atomic mass is 16.5. The normalized spacial score (nSPS) is 12.0.